The SMILES string of the molecule is CCC(=NCc1ccco1)C1C(=O)NC(=O)N(c2ccccc2C)C1=O. The maximum absolute atomic E-state index is 13.0. The molecule has 1 aromatic carbocycles. The number of carbonyl (C=O) groups excluding carboxylic acids is 3. The van der Waals surface area contributed by atoms with Crippen molar-refractivity contribution in [2.24, 2.45) is 10.9 Å². The van der Waals surface area contributed by atoms with Gasteiger partial charge in [0, 0.05) is 5.71 Å². The summed E-state index contributed by atoms with van der Waals surface area (Å²) < 4.78 is 5.24. The molecule has 0 saturated carbocycles. The number of nitrogens with zero attached hydrogens (tertiary/aromatic N) is 2. The molecule has 1 atom stereocenters. The Kier molecular flexibility index (Phi) is 4.97. The van der Waals surface area contributed by atoms with Crippen LogP contribution in [0.1, 0.15) is 24.7 Å². The maximum Gasteiger partial charge on any atom is 0.335 e. The van der Waals surface area contributed by atoms with Crippen molar-refractivity contribution in [1.82, 2.24) is 5.32 Å². The average Bonchev–Trinajstić information content (AvgIpc) is 3.12. The Hall–Kier alpha value is -3.22. The molecule has 1 N–H and O–H groups in total. The van der Waals surface area contributed by atoms with Crippen LogP contribution in [0.15, 0.2) is 52.1 Å². The number of rotatable bonds is 5. The number of benzene rings is 1. The van der Waals surface area contributed by atoms with Gasteiger partial charge in [0.1, 0.15) is 5.76 Å². The van der Waals surface area contributed by atoms with E-state index in [2.05, 4.69) is 10.3 Å². The second kappa shape index (κ2) is 7.35. The van der Waals surface area contributed by atoms with Crippen molar-refractivity contribution < 1.29 is 18.8 Å². The van der Waals surface area contributed by atoms with Gasteiger partial charge in [-0.25, -0.2) is 9.69 Å². The van der Waals surface area contributed by atoms with Crippen molar-refractivity contribution in [3.8, 4) is 0 Å². The number of hydrogen-bond acceptors (Lipinski definition) is 5. The zero-order valence-electron chi connectivity index (χ0n) is 14.6. The van der Waals surface area contributed by atoms with E-state index in [1.165, 1.54) is 6.26 Å². The highest BCUT2D eigenvalue weighted by atomic mass is 16.3. The number of anilines is 1. The number of imide groups is 2. The fourth-order valence-electron chi connectivity index (χ4n) is 2.90. The van der Waals surface area contributed by atoms with Gasteiger partial charge in [-0.2, -0.15) is 0 Å². The Labute approximate surface area is 150 Å². The van der Waals surface area contributed by atoms with Crippen molar-refractivity contribution in [1.29, 1.82) is 0 Å². The third-order valence-corrected chi connectivity index (χ3v) is 4.23. The zero-order chi connectivity index (χ0) is 18.7. The molecule has 134 valence electrons. The van der Waals surface area contributed by atoms with Gasteiger partial charge in [0.15, 0.2) is 5.92 Å². The minimum Gasteiger partial charge on any atom is -0.467 e. The number of hydrogen-bond donors (Lipinski definition) is 1. The fourth-order valence-corrected chi connectivity index (χ4v) is 2.90. The Bertz CT molecular complexity index is 871. The van der Waals surface area contributed by atoms with E-state index in [9.17, 15) is 14.4 Å². The summed E-state index contributed by atoms with van der Waals surface area (Å²) in [5, 5.41) is 2.27. The van der Waals surface area contributed by atoms with Gasteiger partial charge in [0.05, 0.1) is 18.5 Å². The van der Waals surface area contributed by atoms with E-state index >= 15 is 0 Å². The molecule has 2 heterocycles. The van der Waals surface area contributed by atoms with E-state index in [4.69, 9.17) is 4.42 Å². The first-order valence-corrected chi connectivity index (χ1v) is 8.33. The maximum atomic E-state index is 13.0. The third kappa shape index (κ3) is 3.28. The van der Waals surface area contributed by atoms with Crippen LogP contribution < -0.4 is 10.2 Å². The summed E-state index contributed by atoms with van der Waals surface area (Å²) >= 11 is 0. The molecule has 1 aliphatic rings. The molecule has 1 saturated heterocycles. The second-order valence-electron chi connectivity index (χ2n) is 5.93. The van der Waals surface area contributed by atoms with Crippen LogP contribution in [0.3, 0.4) is 0 Å². The van der Waals surface area contributed by atoms with Gasteiger partial charge in [-0.1, -0.05) is 25.1 Å². The molecule has 1 unspecified atom stereocenters. The molecule has 1 aliphatic heterocycles. The molecule has 0 spiro atoms. The molecule has 1 aromatic heterocycles. The molecular weight excluding hydrogens is 334 g/mol. The topological polar surface area (TPSA) is 92.0 Å². The molecule has 3 rings (SSSR count). The zero-order valence-corrected chi connectivity index (χ0v) is 14.6. The van der Waals surface area contributed by atoms with Gasteiger partial charge >= 0.3 is 6.03 Å². The number of nitrogens with one attached hydrogen (secondary N) is 1. The van der Waals surface area contributed by atoms with E-state index in [-0.39, 0.29) is 6.54 Å². The lowest BCUT2D eigenvalue weighted by atomic mass is 9.95. The summed E-state index contributed by atoms with van der Waals surface area (Å²) in [6, 6.07) is 9.79. The van der Waals surface area contributed by atoms with Gasteiger partial charge in [-0.05, 0) is 37.1 Å². The molecule has 7 nitrogen and oxygen atoms in total. The van der Waals surface area contributed by atoms with Gasteiger partial charge in [0.25, 0.3) is 5.91 Å². The molecule has 26 heavy (non-hydrogen) atoms. The summed E-state index contributed by atoms with van der Waals surface area (Å²) in [7, 11) is 0. The van der Waals surface area contributed by atoms with Crippen LogP contribution in [0.25, 0.3) is 0 Å². The quantitative estimate of drug-likeness (QED) is 0.661. The molecule has 4 amide bonds. The summed E-state index contributed by atoms with van der Waals surface area (Å²) in [4.78, 5) is 43.0. The van der Waals surface area contributed by atoms with E-state index < -0.39 is 23.8 Å². The van der Waals surface area contributed by atoms with Crippen LogP contribution in [0.4, 0.5) is 10.5 Å². The number of aliphatic imine (C=N–C) groups is 1. The van der Waals surface area contributed by atoms with E-state index in [1.807, 2.05) is 13.0 Å². The van der Waals surface area contributed by atoms with Crippen molar-refractivity contribution >= 4 is 29.2 Å². The summed E-state index contributed by atoms with van der Waals surface area (Å²) in [5.74, 6) is -1.74. The Morgan fingerprint density at radius 2 is 1.96 bits per heavy atom. The van der Waals surface area contributed by atoms with Crippen molar-refractivity contribution in [3.05, 3.63) is 54.0 Å². The first kappa shape index (κ1) is 17.6. The molecular formula is C19H19N3O4. The summed E-state index contributed by atoms with van der Waals surface area (Å²) in [5.41, 5.74) is 1.62. The van der Waals surface area contributed by atoms with Crippen LogP contribution in [-0.2, 0) is 16.1 Å². The van der Waals surface area contributed by atoms with Gasteiger partial charge in [0.2, 0.25) is 5.91 Å². The Morgan fingerprint density at radius 3 is 2.62 bits per heavy atom. The highest BCUT2D eigenvalue weighted by molar-refractivity contribution is 6.35. The van der Waals surface area contributed by atoms with Crippen molar-refractivity contribution in [2.45, 2.75) is 26.8 Å². The van der Waals surface area contributed by atoms with Crippen LogP contribution in [0.5, 0.6) is 0 Å². The van der Waals surface area contributed by atoms with Crippen molar-refractivity contribution in [2.75, 3.05) is 4.90 Å². The molecule has 0 bridgehead atoms. The number of urea groups is 1. The average molecular weight is 353 g/mol. The van der Waals surface area contributed by atoms with Crippen LogP contribution in [-0.4, -0.2) is 23.6 Å². The highest BCUT2D eigenvalue weighted by Gasteiger charge is 2.43. The fraction of sp³-hybridized carbons (Fsp3) is 0.263. The first-order chi connectivity index (χ1) is 12.5. The number of para-hydroxylation sites is 1. The number of amides is 4. The summed E-state index contributed by atoms with van der Waals surface area (Å²) in [6.45, 7) is 3.84. The van der Waals surface area contributed by atoms with Gasteiger partial charge < -0.3 is 4.42 Å². The first-order valence-electron chi connectivity index (χ1n) is 8.33. The highest BCUT2D eigenvalue weighted by Crippen LogP contribution is 2.25. The van der Waals surface area contributed by atoms with Crippen LogP contribution in [0.2, 0.25) is 0 Å². The minimum atomic E-state index is -1.13. The summed E-state index contributed by atoms with van der Waals surface area (Å²) in [6.07, 6.45) is 1.94. The predicted molar refractivity (Wildman–Crippen MR) is 95.8 cm³/mol. The Balaban J connectivity index is 1.94. The second-order valence-corrected chi connectivity index (χ2v) is 5.93. The van der Waals surface area contributed by atoms with E-state index in [0.29, 0.717) is 23.6 Å². The molecule has 0 radical (unpaired) electrons. The lowest BCUT2D eigenvalue weighted by molar-refractivity contribution is -0.131. The number of aryl methyl sites for hydroxylation is 1. The number of furan rings is 1. The van der Waals surface area contributed by atoms with E-state index in [1.54, 1.807) is 37.3 Å². The lowest BCUT2D eigenvalue weighted by Gasteiger charge is -2.31. The molecule has 7 heteroatoms. The predicted octanol–water partition coefficient (Wildman–Crippen LogP) is 2.84. The molecule has 1 fully saturated rings. The molecule has 0 aliphatic carbocycles. The largest absolute Gasteiger partial charge is 0.467 e. The van der Waals surface area contributed by atoms with E-state index in [0.717, 1.165) is 10.5 Å². The van der Waals surface area contributed by atoms with Gasteiger partial charge in [-0.3, -0.25) is 19.9 Å². The normalized spacial score (nSPS) is 18.2. The minimum absolute atomic E-state index is 0.228. The monoisotopic (exact) mass is 353 g/mol. The van der Waals surface area contributed by atoms with Gasteiger partial charge in [-0.15, -0.1) is 0 Å². The van der Waals surface area contributed by atoms with Crippen LogP contribution in [0, 0.1) is 12.8 Å². The lowest BCUT2D eigenvalue weighted by Crippen LogP contribution is -2.60. The number of barbiturate groups is 1. The van der Waals surface area contributed by atoms with Crippen molar-refractivity contribution in [3.63, 3.8) is 0 Å². The Morgan fingerprint density at radius 1 is 1.19 bits per heavy atom. The standard InChI is InChI=1S/C19H19N3O4/c1-3-14(20-11-13-8-6-10-26-13)16-17(23)21-19(25)22(18(16)24)15-9-5-4-7-12(15)2/h4-10,16H,3,11H2,1-2H3,(H,21,23,25). The molecule has 2 aromatic rings. The number of carbonyl (C=O) groups is 3. The smallest absolute Gasteiger partial charge is 0.335 e. The van der Waals surface area contributed by atoms with Crippen LogP contribution >= 0.6 is 0 Å². The third-order valence-electron chi connectivity index (χ3n) is 4.23.